The molecule has 7 nitrogen and oxygen atoms in total. The Morgan fingerprint density at radius 2 is 1.62 bits per heavy atom. The Labute approximate surface area is 256 Å². The molecule has 14 heteroatoms. The van der Waals surface area contributed by atoms with Crippen LogP contribution in [0.5, 0.6) is 0 Å². The summed E-state index contributed by atoms with van der Waals surface area (Å²) in [7, 11) is -3.42. The van der Waals surface area contributed by atoms with Crippen molar-refractivity contribution in [2.75, 3.05) is 37.1 Å². The van der Waals surface area contributed by atoms with Crippen LogP contribution < -0.4 is 10.2 Å². The Bertz CT molecular complexity index is 1550. The van der Waals surface area contributed by atoms with E-state index in [0.717, 1.165) is 12.1 Å². The monoisotopic (exact) mass is 658 g/mol. The molecule has 0 radical (unpaired) electrons. The molecule has 1 unspecified atom stereocenters. The number of ether oxygens (including phenoxy) is 1. The average molecular weight is 659 g/mol. The highest BCUT2D eigenvalue weighted by molar-refractivity contribution is 7.91. The second kappa shape index (κ2) is 13.8. The predicted octanol–water partition coefficient (Wildman–Crippen LogP) is 5.90. The zero-order valence-electron chi connectivity index (χ0n) is 24.1. The van der Waals surface area contributed by atoms with E-state index in [1.807, 2.05) is 0 Å². The number of sulfone groups is 1. The molecule has 1 heterocycles. The van der Waals surface area contributed by atoms with Gasteiger partial charge in [-0.15, -0.1) is 0 Å². The number of hydrogen-bond acceptors (Lipinski definition) is 6. The first kappa shape index (κ1) is 34.3. The highest BCUT2D eigenvalue weighted by Gasteiger charge is 2.38. The molecule has 4 rings (SSSR count). The van der Waals surface area contributed by atoms with Gasteiger partial charge in [0.05, 0.1) is 41.5 Å². The lowest BCUT2D eigenvalue weighted by molar-refractivity contribution is -0.247. The molecular formula is C31H32F6N2O5S. The van der Waals surface area contributed by atoms with Crippen molar-refractivity contribution in [2.24, 2.45) is 0 Å². The van der Waals surface area contributed by atoms with Crippen LogP contribution in [-0.4, -0.2) is 63.8 Å². The summed E-state index contributed by atoms with van der Waals surface area (Å²) < 4.78 is 108. The van der Waals surface area contributed by atoms with Gasteiger partial charge in [-0.05, 0) is 66.1 Å². The Hall–Kier alpha value is -3.62. The molecule has 45 heavy (non-hydrogen) atoms. The summed E-state index contributed by atoms with van der Waals surface area (Å²) >= 11 is 0. The van der Waals surface area contributed by atoms with Crippen LogP contribution in [0.1, 0.15) is 52.4 Å². The summed E-state index contributed by atoms with van der Waals surface area (Å²) in [5, 5.41) is 12.6. The molecule has 0 aromatic heterocycles. The fourth-order valence-corrected chi connectivity index (χ4v) is 6.07. The summed E-state index contributed by atoms with van der Waals surface area (Å²) in [5.74, 6) is -0.961. The third kappa shape index (κ3) is 8.35. The van der Waals surface area contributed by atoms with Crippen molar-refractivity contribution in [3.63, 3.8) is 0 Å². The van der Waals surface area contributed by atoms with Crippen molar-refractivity contribution in [2.45, 2.75) is 48.5 Å². The first-order valence-electron chi connectivity index (χ1n) is 14.0. The van der Waals surface area contributed by atoms with Crippen LogP contribution in [0.15, 0.2) is 77.7 Å². The Morgan fingerprint density at radius 1 is 1.00 bits per heavy atom. The zero-order chi connectivity index (χ0) is 33.0. The number of nitrogens with one attached hydrogen (secondary N) is 1. The van der Waals surface area contributed by atoms with E-state index in [2.05, 4.69) is 10.1 Å². The van der Waals surface area contributed by atoms with Crippen LogP contribution in [0.2, 0.25) is 0 Å². The van der Waals surface area contributed by atoms with Crippen molar-refractivity contribution >= 4 is 21.4 Å². The molecule has 1 saturated heterocycles. The Kier molecular flexibility index (Phi) is 10.5. The van der Waals surface area contributed by atoms with Gasteiger partial charge in [-0.3, -0.25) is 4.79 Å². The second-order valence-electron chi connectivity index (χ2n) is 10.7. The molecule has 3 aromatic carbocycles. The number of amides is 1. The van der Waals surface area contributed by atoms with E-state index >= 15 is 0 Å². The SMILES string of the molecule is CCS(=O)(=O)c1ccc([C@H](CO)NC(=O)c2ccc(N3CC(c4ccc(C(F)(F)F)cc4)C[C@H]3COC(F)(F)CF)cc2)cc1. The van der Waals surface area contributed by atoms with Gasteiger partial charge in [0.2, 0.25) is 0 Å². The largest absolute Gasteiger partial charge is 0.416 e. The van der Waals surface area contributed by atoms with E-state index in [-0.39, 0.29) is 35.1 Å². The number of hydrogen-bond donors (Lipinski definition) is 2. The Morgan fingerprint density at radius 3 is 2.16 bits per heavy atom. The fraction of sp³-hybridized carbons (Fsp3) is 0.387. The summed E-state index contributed by atoms with van der Waals surface area (Å²) in [6.45, 7) is -1.27. The molecule has 0 aliphatic carbocycles. The minimum atomic E-state index is -4.51. The highest BCUT2D eigenvalue weighted by atomic mass is 32.2. The molecule has 1 aliphatic heterocycles. The van der Waals surface area contributed by atoms with Gasteiger partial charge in [-0.25, -0.2) is 12.8 Å². The molecule has 3 atom stereocenters. The smallest absolute Gasteiger partial charge is 0.394 e. The van der Waals surface area contributed by atoms with Gasteiger partial charge in [0.1, 0.15) is 0 Å². The van der Waals surface area contributed by atoms with E-state index in [9.17, 15) is 44.7 Å². The summed E-state index contributed by atoms with van der Waals surface area (Å²) in [5.41, 5.74) is 0.959. The lowest BCUT2D eigenvalue weighted by Gasteiger charge is -2.28. The molecule has 1 aliphatic rings. The van der Waals surface area contributed by atoms with Gasteiger partial charge >= 0.3 is 12.3 Å². The number of alkyl halides is 6. The van der Waals surface area contributed by atoms with Gasteiger partial charge in [0.25, 0.3) is 5.91 Å². The Balaban J connectivity index is 1.50. The molecule has 0 saturated carbocycles. The van der Waals surface area contributed by atoms with Crippen LogP contribution in [0.3, 0.4) is 0 Å². The third-order valence-electron chi connectivity index (χ3n) is 7.74. The lowest BCUT2D eigenvalue weighted by atomic mass is 9.95. The highest BCUT2D eigenvalue weighted by Crippen LogP contribution is 2.38. The summed E-state index contributed by atoms with van der Waals surface area (Å²) in [6.07, 6.45) is -8.26. The molecule has 0 spiro atoms. The van der Waals surface area contributed by atoms with E-state index in [4.69, 9.17) is 0 Å². The number of halogens is 6. The van der Waals surface area contributed by atoms with E-state index < -0.39 is 65.6 Å². The number of aliphatic hydroxyl groups excluding tert-OH is 1. The topological polar surface area (TPSA) is 95.9 Å². The number of nitrogens with zero attached hydrogens (tertiary/aromatic N) is 1. The van der Waals surface area contributed by atoms with Crippen LogP contribution in [0.4, 0.5) is 32.0 Å². The molecule has 244 valence electrons. The summed E-state index contributed by atoms with van der Waals surface area (Å²) in [4.78, 5) is 14.8. The number of rotatable bonds is 12. The number of carbonyl (C=O) groups is 1. The van der Waals surface area contributed by atoms with Gasteiger partial charge in [0, 0.05) is 23.7 Å². The number of aliphatic hydroxyl groups is 1. The van der Waals surface area contributed by atoms with Gasteiger partial charge < -0.3 is 20.1 Å². The maximum atomic E-state index is 13.6. The van der Waals surface area contributed by atoms with Crippen LogP contribution >= 0.6 is 0 Å². The second-order valence-corrected chi connectivity index (χ2v) is 12.9. The van der Waals surface area contributed by atoms with E-state index in [1.54, 1.807) is 17.0 Å². The standard InChI is InChI=1S/C31H32F6N2O5S/c1-2-45(42,43)27-13-7-21(8-14-27)28(17-40)38-29(41)22-5-11-25(12-6-22)39-16-23(15-26(39)18-44-30(33,34)19-32)20-3-9-24(10-4-20)31(35,36)37/h3-14,23,26,28,40H,2,15-19H2,1H3,(H,38,41)/t23?,26-,28-/m0/s1. The van der Waals surface area contributed by atoms with Crippen molar-refractivity contribution in [1.29, 1.82) is 0 Å². The van der Waals surface area contributed by atoms with Gasteiger partial charge in [-0.2, -0.15) is 22.0 Å². The van der Waals surface area contributed by atoms with Crippen molar-refractivity contribution < 1.29 is 49.4 Å². The minimum Gasteiger partial charge on any atom is -0.394 e. The minimum absolute atomic E-state index is 0.0759. The molecule has 1 fully saturated rings. The van der Waals surface area contributed by atoms with Crippen molar-refractivity contribution in [3.8, 4) is 0 Å². The molecule has 2 N–H and O–H groups in total. The first-order chi connectivity index (χ1) is 21.2. The third-order valence-corrected chi connectivity index (χ3v) is 9.49. The summed E-state index contributed by atoms with van der Waals surface area (Å²) in [6, 6.07) is 15.0. The average Bonchev–Trinajstić information content (AvgIpc) is 3.47. The quantitative estimate of drug-likeness (QED) is 0.235. The van der Waals surface area contributed by atoms with Crippen LogP contribution in [0.25, 0.3) is 0 Å². The zero-order valence-corrected chi connectivity index (χ0v) is 24.9. The molecule has 3 aromatic rings. The van der Waals surface area contributed by atoms with E-state index in [0.29, 0.717) is 16.8 Å². The molecular weight excluding hydrogens is 626 g/mol. The van der Waals surface area contributed by atoms with Crippen LogP contribution in [0, 0.1) is 0 Å². The first-order valence-corrected chi connectivity index (χ1v) is 15.7. The lowest BCUT2D eigenvalue weighted by Crippen LogP contribution is -2.37. The van der Waals surface area contributed by atoms with Gasteiger partial charge in [0.15, 0.2) is 16.5 Å². The molecule has 0 bridgehead atoms. The number of anilines is 1. The van der Waals surface area contributed by atoms with Crippen molar-refractivity contribution in [3.05, 3.63) is 95.1 Å². The maximum Gasteiger partial charge on any atom is 0.416 e. The predicted molar refractivity (Wildman–Crippen MR) is 155 cm³/mol. The van der Waals surface area contributed by atoms with Gasteiger partial charge in [-0.1, -0.05) is 31.2 Å². The number of benzene rings is 3. The van der Waals surface area contributed by atoms with Crippen LogP contribution in [-0.2, 0) is 20.8 Å². The van der Waals surface area contributed by atoms with E-state index in [1.165, 1.54) is 55.5 Å². The normalized spacial score (nSPS) is 18.2. The maximum absolute atomic E-state index is 13.6. The molecule has 1 amide bonds. The fourth-order valence-electron chi connectivity index (χ4n) is 5.19. The van der Waals surface area contributed by atoms with Crippen molar-refractivity contribution in [1.82, 2.24) is 5.32 Å². The number of carbonyl (C=O) groups excluding carboxylic acids is 1.